The average molecular weight is 262 g/mol. The predicted octanol–water partition coefficient (Wildman–Crippen LogP) is 3.80. The van der Waals surface area contributed by atoms with Crippen molar-refractivity contribution in [3.8, 4) is 0 Å². The van der Waals surface area contributed by atoms with Gasteiger partial charge in [-0.15, -0.1) is 0 Å². The third-order valence-electron chi connectivity index (χ3n) is 3.20. The summed E-state index contributed by atoms with van der Waals surface area (Å²) in [7, 11) is 0. The molecule has 0 saturated heterocycles. The van der Waals surface area contributed by atoms with Gasteiger partial charge in [-0.05, 0) is 36.8 Å². The second-order valence-electron chi connectivity index (χ2n) is 4.66. The van der Waals surface area contributed by atoms with Crippen molar-refractivity contribution in [2.75, 3.05) is 5.32 Å². The predicted molar refractivity (Wildman–Crippen MR) is 80.9 cm³/mol. The number of para-hydroxylation sites is 1. The lowest BCUT2D eigenvalue weighted by atomic mass is 10.1. The molecule has 1 N–H and O–H groups in total. The number of fused-ring (bicyclic) bond motifs is 1. The summed E-state index contributed by atoms with van der Waals surface area (Å²) in [6.45, 7) is 2.02. The average Bonchev–Trinajstić information content (AvgIpc) is 2.48. The summed E-state index contributed by atoms with van der Waals surface area (Å²) in [4.78, 5) is 16.6. The first-order valence-electron chi connectivity index (χ1n) is 6.47. The lowest BCUT2D eigenvalue weighted by molar-refractivity contribution is 0.102. The van der Waals surface area contributed by atoms with Crippen LogP contribution in [0.15, 0.2) is 60.7 Å². The fourth-order valence-electron chi connectivity index (χ4n) is 2.19. The van der Waals surface area contributed by atoms with Crippen LogP contribution in [0.1, 0.15) is 15.9 Å². The molecule has 0 fully saturated rings. The monoisotopic (exact) mass is 262 g/mol. The number of hydrogen-bond acceptors (Lipinski definition) is 2. The number of aromatic nitrogens is 1. The minimum atomic E-state index is -0.146. The minimum absolute atomic E-state index is 0.146. The Kier molecular flexibility index (Phi) is 3.17. The van der Waals surface area contributed by atoms with Crippen molar-refractivity contribution in [2.45, 2.75) is 6.92 Å². The molecule has 3 heteroatoms. The maximum Gasteiger partial charge on any atom is 0.256 e. The fraction of sp³-hybridized carbons (Fsp3) is 0.0588. The first-order valence-corrected chi connectivity index (χ1v) is 6.47. The van der Waals surface area contributed by atoms with Gasteiger partial charge in [-0.2, -0.15) is 0 Å². The molecule has 0 spiro atoms. The normalized spacial score (nSPS) is 10.4. The van der Waals surface area contributed by atoms with Gasteiger partial charge >= 0.3 is 0 Å². The van der Waals surface area contributed by atoms with E-state index in [9.17, 15) is 4.79 Å². The van der Waals surface area contributed by atoms with E-state index in [1.54, 1.807) is 12.1 Å². The van der Waals surface area contributed by atoms with E-state index in [4.69, 9.17) is 0 Å². The van der Waals surface area contributed by atoms with Gasteiger partial charge in [0.25, 0.3) is 5.91 Å². The molecule has 0 aliphatic rings. The van der Waals surface area contributed by atoms with E-state index in [1.165, 1.54) is 0 Å². The summed E-state index contributed by atoms with van der Waals surface area (Å²) in [6.07, 6.45) is 0. The number of hydrogen-bond donors (Lipinski definition) is 1. The van der Waals surface area contributed by atoms with Gasteiger partial charge in [0.05, 0.1) is 5.52 Å². The molecular weight excluding hydrogens is 248 g/mol. The molecule has 0 aliphatic heterocycles. The number of anilines is 1. The number of nitrogens with one attached hydrogen (secondary N) is 1. The number of rotatable bonds is 2. The van der Waals surface area contributed by atoms with Crippen LogP contribution in [0.3, 0.4) is 0 Å². The number of benzene rings is 2. The molecule has 1 amide bonds. The Labute approximate surface area is 117 Å². The largest absolute Gasteiger partial charge is 0.307 e. The van der Waals surface area contributed by atoms with E-state index in [0.29, 0.717) is 11.4 Å². The number of pyridine rings is 1. The topological polar surface area (TPSA) is 42.0 Å². The van der Waals surface area contributed by atoms with E-state index in [1.807, 2.05) is 55.5 Å². The summed E-state index contributed by atoms with van der Waals surface area (Å²) in [5.41, 5.74) is 2.61. The molecule has 0 saturated carbocycles. The standard InChI is InChI=1S/C17H14N2O/c1-12-11-16(18-15-10-6-5-9-14(12)15)19-17(20)13-7-3-2-4-8-13/h2-11H,1H3,(H,18,19,20). The van der Waals surface area contributed by atoms with Gasteiger partial charge in [-0.25, -0.2) is 4.98 Å². The van der Waals surface area contributed by atoms with E-state index in [0.717, 1.165) is 16.5 Å². The lowest BCUT2D eigenvalue weighted by Crippen LogP contribution is -2.12. The van der Waals surface area contributed by atoms with Crippen molar-refractivity contribution in [2.24, 2.45) is 0 Å². The molecule has 98 valence electrons. The second kappa shape index (κ2) is 5.13. The van der Waals surface area contributed by atoms with Gasteiger partial charge in [-0.3, -0.25) is 4.79 Å². The van der Waals surface area contributed by atoms with Crippen LogP contribution >= 0.6 is 0 Å². The minimum Gasteiger partial charge on any atom is -0.307 e. The smallest absolute Gasteiger partial charge is 0.256 e. The molecular formula is C17H14N2O. The van der Waals surface area contributed by atoms with Crippen LogP contribution in [0.25, 0.3) is 10.9 Å². The molecule has 2 aromatic carbocycles. The van der Waals surface area contributed by atoms with Crippen LogP contribution in [-0.2, 0) is 0 Å². The Hall–Kier alpha value is -2.68. The van der Waals surface area contributed by atoms with E-state index < -0.39 is 0 Å². The van der Waals surface area contributed by atoms with Gasteiger partial charge in [0, 0.05) is 10.9 Å². The summed E-state index contributed by atoms with van der Waals surface area (Å²) in [5, 5.41) is 3.94. The zero-order valence-electron chi connectivity index (χ0n) is 11.1. The lowest BCUT2D eigenvalue weighted by Gasteiger charge is -2.08. The number of aryl methyl sites for hydroxylation is 1. The Morgan fingerprint density at radius 3 is 2.50 bits per heavy atom. The molecule has 0 unspecified atom stereocenters. The quantitative estimate of drug-likeness (QED) is 0.763. The molecule has 20 heavy (non-hydrogen) atoms. The van der Waals surface area contributed by atoms with Crippen LogP contribution < -0.4 is 5.32 Å². The summed E-state index contributed by atoms with van der Waals surface area (Å²) in [6, 6.07) is 18.9. The van der Waals surface area contributed by atoms with Crippen molar-refractivity contribution in [3.05, 3.63) is 71.8 Å². The second-order valence-corrected chi connectivity index (χ2v) is 4.66. The van der Waals surface area contributed by atoms with Gasteiger partial charge in [-0.1, -0.05) is 36.4 Å². The SMILES string of the molecule is Cc1cc(NC(=O)c2ccccc2)nc2ccccc12. The highest BCUT2D eigenvalue weighted by molar-refractivity contribution is 6.04. The molecule has 0 radical (unpaired) electrons. The highest BCUT2D eigenvalue weighted by Gasteiger charge is 2.07. The van der Waals surface area contributed by atoms with E-state index in [2.05, 4.69) is 10.3 Å². The van der Waals surface area contributed by atoms with Gasteiger partial charge in [0.15, 0.2) is 0 Å². The molecule has 0 bridgehead atoms. The van der Waals surface area contributed by atoms with Crippen LogP contribution in [0.5, 0.6) is 0 Å². The zero-order valence-corrected chi connectivity index (χ0v) is 11.1. The van der Waals surface area contributed by atoms with Gasteiger partial charge in [0.1, 0.15) is 5.82 Å². The number of nitrogens with zero attached hydrogens (tertiary/aromatic N) is 1. The number of amides is 1. The Bertz CT molecular complexity index is 766. The van der Waals surface area contributed by atoms with Gasteiger partial charge in [0.2, 0.25) is 0 Å². The molecule has 3 rings (SSSR count). The Morgan fingerprint density at radius 1 is 1.00 bits per heavy atom. The first kappa shape index (κ1) is 12.4. The zero-order chi connectivity index (χ0) is 13.9. The molecule has 0 atom stereocenters. The third kappa shape index (κ3) is 2.38. The highest BCUT2D eigenvalue weighted by Crippen LogP contribution is 2.20. The highest BCUT2D eigenvalue weighted by atomic mass is 16.1. The third-order valence-corrected chi connectivity index (χ3v) is 3.20. The first-order chi connectivity index (χ1) is 9.74. The summed E-state index contributed by atoms with van der Waals surface area (Å²) < 4.78 is 0. The molecule has 1 aromatic heterocycles. The maximum atomic E-state index is 12.1. The molecule has 3 nitrogen and oxygen atoms in total. The van der Waals surface area contributed by atoms with Crippen LogP contribution in [0.4, 0.5) is 5.82 Å². The van der Waals surface area contributed by atoms with Crippen molar-refractivity contribution >= 4 is 22.6 Å². The van der Waals surface area contributed by atoms with E-state index in [-0.39, 0.29) is 5.91 Å². The fourth-order valence-corrected chi connectivity index (χ4v) is 2.19. The summed E-state index contributed by atoms with van der Waals surface area (Å²) >= 11 is 0. The van der Waals surface area contributed by atoms with Crippen molar-refractivity contribution < 1.29 is 4.79 Å². The van der Waals surface area contributed by atoms with Gasteiger partial charge < -0.3 is 5.32 Å². The van der Waals surface area contributed by atoms with Crippen LogP contribution in [0, 0.1) is 6.92 Å². The molecule has 3 aromatic rings. The Morgan fingerprint density at radius 2 is 1.70 bits per heavy atom. The Balaban J connectivity index is 1.94. The van der Waals surface area contributed by atoms with Crippen molar-refractivity contribution in [3.63, 3.8) is 0 Å². The van der Waals surface area contributed by atoms with Crippen LogP contribution in [0.2, 0.25) is 0 Å². The maximum absolute atomic E-state index is 12.1. The molecule has 0 aliphatic carbocycles. The van der Waals surface area contributed by atoms with E-state index >= 15 is 0 Å². The summed E-state index contributed by atoms with van der Waals surface area (Å²) in [5.74, 6) is 0.433. The van der Waals surface area contributed by atoms with Crippen molar-refractivity contribution in [1.29, 1.82) is 0 Å². The number of carbonyl (C=O) groups is 1. The van der Waals surface area contributed by atoms with Crippen LogP contribution in [-0.4, -0.2) is 10.9 Å². The number of carbonyl (C=O) groups excluding carboxylic acids is 1. The molecule has 1 heterocycles. The van der Waals surface area contributed by atoms with Crippen molar-refractivity contribution in [1.82, 2.24) is 4.98 Å².